The molecule has 0 atom stereocenters. The maximum absolute atomic E-state index is 12.2. The molecule has 1 saturated heterocycles. The van der Waals surface area contributed by atoms with Crippen LogP contribution in [0.15, 0.2) is 0 Å². The van der Waals surface area contributed by atoms with Gasteiger partial charge in [0.2, 0.25) is 5.91 Å². The number of amides is 1. The molecule has 0 spiro atoms. The van der Waals surface area contributed by atoms with Crippen LogP contribution in [0.4, 0.5) is 0 Å². The molecule has 2 aliphatic rings. The average molecular weight is 282 g/mol. The third-order valence-electron chi connectivity index (χ3n) is 4.39. The maximum atomic E-state index is 12.2. The summed E-state index contributed by atoms with van der Waals surface area (Å²) in [5.41, 5.74) is -0.251. The molecule has 0 unspecified atom stereocenters. The summed E-state index contributed by atoms with van der Waals surface area (Å²) in [4.78, 5) is 14.2. The Morgan fingerprint density at radius 3 is 2.30 bits per heavy atom. The van der Waals surface area contributed by atoms with Gasteiger partial charge in [-0.2, -0.15) is 0 Å². The predicted molar refractivity (Wildman–Crippen MR) is 80.6 cm³/mol. The molecule has 2 fully saturated rings. The molecule has 1 aliphatic carbocycles. The first-order chi connectivity index (χ1) is 9.40. The van der Waals surface area contributed by atoms with Crippen LogP contribution in [0.3, 0.4) is 0 Å². The van der Waals surface area contributed by atoms with Crippen LogP contribution < -0.4 is 5.32 Å². The SMILES string of the molecule is CCOC1CC(NC2CCN(C(=O)C(C)(C)C)CC2)C1. The van der Waals surface area contributed by atoms with E-state index in [1.165, 1.54) is 0 Å². The van der Waals surface area contributed by atoms with Crippen molar-refractivity contribution in [2.24, 2.45) is 5.41 Å². The lowest BCUT2D eigenvalue weighted by Crippen LogP contribution is -2.54. The smallest absolute Gasteiger partial charge is 0.227 e. The van der Waals surface area contributed by atoms with E-state index in [-0.39, 0.29) is 11.3 Å². The van der Waals surface area contributed by atoms with Gasteiger partial charge in [-0.15, -0.1) is 0 Å². The monoisotopic (exact) mass is 282 g/mol. The number of rotatable bonds is 4. The second kappa shape index (κ2) is 6.44. The first kappa shape index (κ1) is 15.8. The molecule has 4 heteroatoms. The Morgan fingerprint density at radius 2 is 1.80 bits per heavy atom. The summed E-state index contributed by atoms with van der Waals surface area (Å²) in [6.07, 6.45) is 4.93. The normalized spacial score (nSPS) is 28.3. The van der Waals surface area contributed by atoms with Gasteiger partial charge in [0.25, 0.3) is 0 Å². The van der Waals surface area contributed by atoms with E-state index in [2.05, 4.69) is 12.2 Å². The molecule has 116 valence electrons. The zero-order valence-electron chi connectivity index (χ0n) is 13.4. The number of likely N-dealkylation sites (tertiary alicyclic amines) is 1. The van der Waals surface area contributed by atoms with Crippen molar-refractivity contribution in [3.8, 4) is 0 Å². The number of hydrogen-bond donors (Lipinski definition) is 1. The summed E-state index contributed by atoms with van der Waals surface area (Å²) in [6.45, 7) is 10.7. The van der Waals surface area contributed by atoms with Gasteiger partial charge in [0.05, 0.1) is 6.10 Å². The van der Waals surface area contributed by atoms with E-state index in [1.807, 2.05) is 25.7 Å². The van der Waals surface area contributed by atoms with Crippen LogP contribution in [-0.4, -0.2) is 48.7 Å². The van der Waals surface area contributed by atoms with E-state index in [0.717, 1.165) is 45.4 Å². The first-order valence-corrected chi connectivity index (χ1v) is 8.07. The Morgan fingerprint density at radius 1 is 1.20 bits per heavy atom. The fourth-order valence-corrected chi connectivity index (χ4v) is 3.13. The molecule has 1 N–H and O–H groups in total. The van der Waals surface area contributed by atoms with E-state index in [1.54, 1.807) is 0 Å². The van der Waals surface area contributed by atoms with Crippen molar-refractivity contribution in [1.29, 1.82) is 0 Å². The number of piperidine rings is 1. The Kier molecular flexibility index (Phi) is 5.08. The zero-order valence-corrected chi connectivity index (χ0v) is 13.4. The van der Waals surface area contributed by atoms with Crippen LogP contribution >= 0.6 is 0 Å². The van der Waals surface area contributed by atoms with Crippen molar-refractivity contribution < 1.29 is 9.53 Å². The summed E-state index contributed by atoms with van der Waals surface area (Å²) < 4.78 is 5.59. The highest BCUT2D eigenvalue weighted by Crippen LogP contribution is 2.26. The first-order valence-electron chi connectivity index (χ1n) is 8.07. The van der Waals surface area contributed by atoms with E-state index < -0.39 is 0 Å². The summed E-state index contributed by atoms with van der Waals surface area (Å²) in [5.74, 6) is 0.288. The number of hydrogen-bond acceptors (Lipinski definition) is 3. The van der Waals surface area contributed by atoms with Gasteiger partial charge in [0, 0.05) is 37.2 Å². The zero-order chi connectivity index (χ0) is 14.8. The summed E-state index contributed by atoms with van der Waals surface area (Å²) in [7, 11) is 0. The standard InChI is InChI=1S/C16H30N2O2/c1-5-20-14-10-13(11-14)17-12-6-8-18(9-7-12)15(19)16(2,3)4/h12-14,17H,5-11H2,1-4H3. The minimum absolute atomic E-state index is 0.251. The molecule has 0 aromatic carbocycles. The lowest BCUT2D eigenvalue weighted by atomic mass is 9.87. The molecule has 0 aromatic heterocycles. The quantitative estimate of drug-likeness (QED) is 0.859. The lowest BCUT2D eigenvalue weighted by molar-refractivity contribution is -0.140. The second-order valence-corrected chi connectivity index (χ2v) is 7.23. The molecule has 2 rings (SSSR count). The number of nitrogens with one attached hydrogen (secondary N) is 1. The van der Waals surface area contributed by atoms with Crippen molar-refractivity contribution in [2.75, 3.05) is 19.7 Å². The summed E-state index contributed by atoms with van der Waals surface area (Å²) in [5, 5.41) is 3.72. The van der Waals surface area contributed by atoms with E-state index in [4.69, 9.17) is 4.74 Å². The predicted octanol–water partition coefficient (Wildman–Crippen LogP) is 2.18. The molecule has 1 aliphatic heterocycles. The molecule has 20 heavy (non-hydrogen) atoms. The van der Waals surface area contributed by atoms with Crippen molar-refractivity contribution in [2.45, 2.75) is 71.6 Å². The fraction of sp³-hybridized carbons (Fsp3) is 0.938. The molecule has 0 aromatic rings. The maximum Gasteiger partial charge on any atom is 0.227 e. The highest BCUT2D eigenvalue weighted by atomic mass is 16.5. The highest BCUT2D eigenvalue weighted by Gasteiger charge is 2.34. The number of nitrogens with zero attached hydrogens (tertiary/aromatic N) is 1. The fourth-order valence-electron chi connectivity index (χ4n) is 3.13. The van der Waals surface area contributed by atoms with Gasteiger partial charge in [-0.05, 0) is 32.6 Å². The van der Waals surface area contributed by atoms with Crippen LogP contribution in [-0.2, 0) is 9.53 Å². The van der Waals surface area contributed by atoms with Crippen molar-refractivity contribution in [3.63, 3.8) is 0 Å². The van der Waals surface area contributed by atoms with Crippen LogP contribution in [0, 0.1) is 5.41 Å². The van der Waals surface area contributed by atoms with Gasteiger partial charge in [0.1, 0.15) is 0 Å². The number of carbonyl (C=O) groups is 1. The Bertz CT molecular complexity index is 324. The van der Waals surface area contributed by atoms with Crippen LogP contribution in [0.1, 0.15) is 53.4 Å². The minimum atomic E-state index is -0.251. The molecule has 0 radical (unpaired) electrons. The lowest BCUT2D eigenvalue weighted by Gasteiger charge is -2.41. The second-order valence-electron chi connectivity index (χ2n) is 7.23. The minimum Gasteiger partial charge on any atom is -0.378 e. The Balaban J connectivity index is 1.67. The van der Waals surface area contributed by atoms with Crippen LogP contribution in [0.25, 0.3) is 0 Å². The third-order valence-corrected chi connectivity index (χ3v) is 4.39. The number of ether oxygens (including phenoxy) is 1. The van der Waals surface area contributed by atoms with Crippen molar-refractivity contribution >= 4 is 5.91 Å². The molecule has 0 bridgehead atoms. The van der Waals surface area contributed by atoms with Crippen molar-refractivity contribution in [3.05, 3.63) is 0 Å². The third kappa shape index (κ3) is 3.95. The average Bonchev–Trinajstić information content (AvgIpc) is 2.35. The van der Waals surface area contributed by atoms with Gasteiger partial charge in [-0.1, -0.05) is 20.8 Å². The van der Waals surface area contributed by atoms with Gasteiger partial charge in [-0.3, -0.25) is 4.79 Å². The van der Waals surface area contributed by atoms with Gasteiger partial charge >= 0.3 is 0 Å². The topological polar surface area (TPSA) is 41.6 Å². The largest absolute Gasteiger partial charge is 0.378 e. The molecule has 1 heterocycles. The van der Waals surface area contributed by atoms with Crippen LogP contribution in [0.5, 0.6) is 0 Å². The molecular weight excluding hydrogens is 252 g/mol. The van der Waals surface area contributed by atoms with E-state index in [0.29, 0.717) is 18.2 Å². The Hall–Kier alpha value is -0.610. The molecule has 4 nitrogen and oxygen atoms in total. The highest BCUT2D eigenvalue weighted by molar-refractivity contribution is 5.81. The van der Waals surface area contributed by atoms with E-state index in [9.17, 15) is 4.79 Å². The van der Waals surface area contributed by atoms with Crippen LogP contribution in [0.2, 0.25) is 0 Å². The van der Waals surface area contributed by atoms with E-state index >= 15 is 0 Å². The number of carbonyl (C=O) groups excluding carboxylic acids is 1. The van der Waals surface area contributed by atoms with Gasteiger partial charge in [-0.25, -0.2) is 0 Å². The van der Waals surface area contributed by atoms with Gasteiger partial charge < -0.3 is 15.0 Å². The summed E-state index contributed by atoms with van der Waals surface area (Å²) in [6, 6.07) is 1.20. The van der Waals surface area contributed by atoms with Gasteiger partial charge in [0.15, 0.2) is 0 Å². The Labute approximate surface area is 123 Å². The molecule has 1 saturated carbocycles. The summed E-state index contributed by atoms with van der Waals surface area (Å²) >= 11 is 0. The molecule has 1 amide bonds. The molecular formula is C16H30N2O2. The van der Waals surface area contributed by atoms with Crippen molar-refractivity contribution in [1.82, 2.24) is 10.2 Å².